The van der Waals surface area contributed by atoms with Crippen LogP contribution in [0.5, 0.6) is 0 Å². The van der Waals surface area contributed by atoms with Crippen LogP contribution >= 0.6 is 0 Å². The van der Waals surface area contributed by atoms with Crippen molar-refractivity contribution in [2.24, 2.45) is 5.41 Å². The third-order valence-corrected chi connectivity index (χ3v) is 6.96. The maximum atomic E-state index is 12.4. The van der Waals surface area contributed by atoms with E-state index in [-0.39, 0.29) is 11.3 Å². The molecule has 2 aromatic carbocycles. The molecule has 2 fully saturated rings. The summed E-state index contributed by atoms with van der Waals surface area (Å²) in [4.78, 5) is 26.2. The maximum Gasteiger partial charge on any atom is 0.314 e. The summed E-state index contributed by atoms with van der Waals surface area (Å²) in [5.74, 6) is -0.564. The van der Waals surface area contributed by atoms with E-state index in [0.717, 1.165) is 24.0 Å². The lowest BCUT2D eigenvalue weighted by Gasteiger charge is -2.34. The smallest absolute Gasteiger partial charge is 0.314 e. The minimum atomic E-state index is -0.807. The molecule has 2 aromatic rings. The Morgan fingerprint density at radius 2 is 1.68 bits per heavy atom. The zero-order valence-electron chi connectivity index (χ0n) is 16.6. The minimum absolute atomic E-state index is 0.166. The van der Waals surface area contributed by atoms with E-state index >= 15 is 0 Å². The molecule has 1 heterocycles. The molecule has 0 radical (unpaired) electrons. The fourth-order valence-corrected chi connectivity index (χ4v) is 5.14. The number of amides is 1. The predicted molar refractivity (Wildman–Crippen MR) is 109 cm³/mol. The summed E-state index contributed by atoms with van der Waals surface area (Å²) < 4.78 is 0. The van der Waals surface area contributed by atoms with Crippen LogP contribution in [0.3, 0.4) is 0 Å². The van der Waals surface area contributed by atoms with Gasteiger partial charge in [0.05, 0.1) is 5.41 Å². The number of aliphatic carboxylic acids is 1. The van der Waals surface area contributed by atoms with Gasteiger partial charge in [0.1, 0.15) is 0 Å². The first-order valence-corrected chi connectivity index (χ1v) is 10.1. The van der Waals surface area contributed by atoms with Gasteiger partial charge in [-0.3, -0.25) is 9.59 Å². The fraction of sp³-hybridized carbons (Fsp3) is 0.417. The lowest BCUT2D eigenvalue weighted by atomic mass is 9.79. The van der Waals surface area contributed by atoms with Crippen molar-refractivity contribution in [3.8, 4) is 11.1 Å². The molecule has 1 saturated carbocycles. The second-order valence-electron chi connectivity index (χ2n) is 8.29. The van der Waals surface area contributed by atoms with Gasteiger partial charge in [-0.1, -0.05) is 55.5 Å². The molecule has 1 aliphatic carbocycles. The van der Waals surface area contributed by atoms with E-state index in [4.69, 9.17) is 0 Å². The van der Waals surface area contributed by atoms with E-state index in [9.17, 15) is 14.7 Å². The number of carbonyl (C=O) groups is 2. The van der Waals surface area contributed by atoms with Gasteiger partial charge < -0.3 is 10.0 Å². The van der Waals surface area contributed by atoms with Gasteiger partial charge in [0, 0.05) is 19.5 Å². The number of benzene rings is 2. The van der Waals surface area contributed by atoms with Gasteiger partial charge in [-0.25, -0.2) is 0 Å². The monoisotopic (exact) mass is 377 g/mol. The lowest BCUT2D eigenvalue weighted by Crippen LogP contribution is -2.42. The number of piperidine rings is 1. The van der Waals surface area contributed by atoms with Crippen molar-refractivity contribution in [1.29, 1.82) is 0 Å². The van der Waals surface area contributed by atoms with Crippen molar-refractivity contribution >= 4 is 11.9 Å². The van der Waals surface area contributed by atoms with Crippen LogP contribution in [0.1, 0.15) is 43.7 Å². The zero-order valence-corrected chi connectivity index (χ0v) is 16.6. The second-order valence-corrected chi connectivity index (χ2v) is 8.29. The molecule has 4 nitrogen and oxygen atoms in total. The van der Waals surface area contributed by atoms with Crippen LogP contribution in [-0.4, -0.2) is 35.0 Å². The Morgan fingerprint density at radius 1 is 1.04 bits per heavy atom. The normalized spacial score (nSPS) is 22.9. The maximum absolute atomic E-state index is 12.4. The fourth-order valence-electron chi connectivity index (χ4n) is 5.14. The Bertz CT molecular complexity index is 910. The van der Waals surface area contributed by atoms with Crippen molar-refractivity contribution in [1.82, 2.24) is 4.90 Å². The molecule has 2 aliphatic rings. The van der Waals surface area contributed by atoms with Crippen molar-refractivity contribution in [2.75, 3.05) is 13.1 Å². The van der Waals surface area contributed by atoms with Crippen LogP contribution in [0.4, 0.5) is 0 Å². The predicted octanol–water partition coefficient (Wildman–Crippen LogP) is 4.41. The van der Waals surface area contributed by atoms with E-state index in [1.54, 1.807) is 0 Å². The molecule has 0 unspecified atom stereocenters. The average Bonchev–Trinajstić information content (AvgIpc) is 3.37. The molecule has 1 saturated heterocycles. The van der Waals surface area contributed by atoms with Crippen LogP contribution < -0.4 is 0 Å². The number of hydrogen-bond donors (Lipinski definition) is 1. The molecule has 1 amide bonds. The molecule has 4 rings (SSSR count). The molecular formula is C24H27NO3. The highest BCUT2D eigenvalue weighted by Gasteiger charge is 2.72. The van der Waals surface area contributed by atoms with E-state index in [0.29, 0.717) is 25.9 Å². The number of hydrogen-bond acceptors (Lipinski definition) is 2. The number of aryl methyl sites for hydroxylation is 1. The van der Waals surface area contributed by atoms with Gasteiger partial charge in [-0.2, -0.15) is 0 Å². The first-order valence-electron chi connectivity index (χ1n) is 10.1. The molecule has 28 heavy (non-hydrogen) atoms. The van der Waals surface area contributed by atoms with Crippen LogP contribution in [0.2, 0.25) is 0 Å². The number of carbonyl (C=O) groups excluding carboxylic acids is 1. The number of likely N-dealkylation sites (tertiary alicyclic amines) is 1. The first-order chi connectivity index (χ1) is 13.4. The van der Waals surface area contributed by atoms with Crippen molar-refractivity contribution in [2.45, 2.75) is 44.9 Å². The van der Waals surface area contributed by atoms with Crippen LogP contribution in [0.15, 0.2) is 48.5 Å². The van der Waals surface area contributed by atoms with Crippen LogP contribution in [0.25, 0.3) is 11.1 Å². The number of carboxylic acids is 1. The quantitative estimate of drug-likeness (QED) is 0.859. The summed E-state index contributed by atoms with van der Waals surface area (Å²) in [5.41, 5.74) is 3.37. The molecule has 1 N–H and O–H groups in total. The summed E-state index contributed by atoms with van der Waals surface area (Å²) in [7, 11) is 0. The largest absolute Gasteiger partial charge is 0.481 e. The Morgan fingerprint density at radius 3 is 2.25 bits per heavy atom. The molecule has 146 valence electrons. The van der Waals surface area contributed by atoms with Crippen molar-refractivity contribution in [3.63, 3.8) is 0 Å². The minimum Gasteiger partial charge on any atom is -0.481 e. The van der Waals surface area contributed by atoms with Gasteiger partial charge >= 0.3 is 5.97 Å². The summed E-state index contributed by atoms with van der Waals surface area (Å²) >= 11 is 0. The van der Waals surface area contributed by atoms with Gasteiger partial charge in [0.15, 0.2) is 0 Å². The molecular weight excluding hydrogens is 350 g/mol. The van der Waals surface area contributed by atoms with Gasteiger partial charge in [0.2, 0.25) is 5.91 Å². The summed E-state index contributed by atoms with van der Waals surface area (Å²) in [6, 6.07) is 16.3. The second kappa shape index (κ2) is 6.77. The summed E-state index contributed by atoms with van der Waals surface area (Å²) in [6.45, 7) is 5.30. The van der Waals surface area contributed by atoms with Crippen LogP contribution in [-0.2, 0) is 15.0 Å². The SMILES string of the molecule is CCC(=O)N1CCC2(CC1)C[C@]2(C(=O)O)c1ccc(-c2ccccc2C)cc1. The Hall–Kier alpha value is -2.62. The highest BCUT2D eigenvalue weighted by molar-refractivity contribution is 5.88. The standard InChI is InChI=1S/C24H27NO3/c1-3-21(26)25-14-12-23(13-15-25)16-24(23,22(27)28)19-10-8-18(9-11-19)20-7-5-4-6-17(20)2/h4-11H,3,12-16H2,1-2H3,(H,27,28)/t24-/m1/s1. The van der Waals surface area contributed by atoms with E-state index in [1.807, 2.05) is 48.2 Å². The van der Waals surface area contributed by atoms with Crippen molar-refractivity contribution < 1.29 is 14.7 Å². The zero-order chi connectivity index (χ0) is 19.9. The third kappa shape index (κ3) is 2.74. The van der Waals surface area contributed by atoms with E-state index in [1.165, 1.54) is 11.1 Å². The van der Waals surface area contributed by atoms with Crippen molar-refractivity contribution in [3.05, 3.63) is 59.7 Å². The first kappa shape index (κ1) is 18.7. The lowest BCUT2D eigenvalue weighted by molar-refractivity contribution is -0.141. The molecule has 1 aliphatic heterocycles. The van der Waals surface area contributed by atoms with Crippen LogP contribution in [0, 0.1) is 12.3 Å². The Balaban J connectivity index is 1.60. The Kier molecular flexibility index (Phi) is 4.53. The van der Waals surface area contributed by atoms with Gasteiger partial charge in [0.25, 0.3) is 0 Å². The molecule has 1 atom stereocenters. The molecule has 4 heteroatoms. The van der Waals surface area contributed by atoms with E-state index in [2.05, 4.69) is 19.1 Å². The van der Waals surface area contributed by atoms with E-state index < -0.39 is 11.4 Å². The number of rotatable bonds is 4. The molecule has 0 aromatic heterocycles. The van der Waals surface area contributed by atoms with Gasteiger partial charge in [-0.05, 0) is 53.9 Å². The average molecular weight is 377 g/mol. The highest BCUT2D eigenvalue weighted by atomic mass is 16.4. The summed E-state index contributed by atoms with van der Waals surface area (Å²) in [5, 5.41) is 10.1. The highest BCUT2D eigenvalue weighted by Crippen LogP contribution is 2.69. The molecule has 0 bridgehead atoms. The van der Waals surface area contributed by atoms with Gasteiger partial charge in [-0.15, -0.1) is 0 Å². The number of carboxylic acid groups (broad SMARTS) is 1. The summed E-state index contributed by atoms with van der Waals surface area (Å²) in [6.07, 6.45) is 2.72. The third-order valence-electron chi connectivity index (χ3n) is 6.96. The molecule has 1 spiro atoms. The topological polar surface area (TPSA) is 57.6 Å². The Labute approximate surface area is 166 Å². The number of nitrogens with zero attached hydrogens (tertiary/aromatic N) is 1.